The number of nitrogens with zero attached hydrogens (tertiary/aromatic N) is 5. The van der Waals surface area contributed by atoms with Crippen LogP contribution in [0.25, 0.3) is 10.9 Å². The maximum atomic E-state index is 13.7. The molecular formula is C42H46ClFN8O6. The highest BCUT2D eigenvalue weighted by molar-refractivity contribution is 6.31. The monoisotopic (exact) mass is 812 g/mol. The van der Waals surface area contributed by atoms with Crippen molar-refractivity contribution in [2.24, 2.45) is 5.92 Å². The third-order valence-electron chi connectivity index (χ3n) is 11.6. The lowest BCUT2D eigenvalue weighted by atomic mass is 9.95. The number of fused-ring (bicyclic) bond motifs is 2. The van der Waals surface area contributed by atoms with Gasteiger partial charge in [-0.25, -0.2) is 14.4 Å². The quantitative estimate of drug-likeness (QED) is 0.118. The summed E-state index contributed by atoms with van der Waals surface area (Å²) in [6.07, 6.45) is 6.83. The van der Waals surface area contributed by atoms with E-state index in [0.717, 1.165) is 87.3 Å². The van der Waals surface area contributed by atoms with E-state index >= 15 is 0 Å². The molecule has 4 amide bonds. The number of ether oxygens (including phenoxy) is 2. The van der Waals surface area contributed by atoms with Gasteiger partial charge in [-0.1, -0.05) is 11.6 Å². The number of methoxy groups -OCH3 is 1. The van der Waals surface area contributed by atoms with Crippen molar-refractivity contribution in [3.8, 4) is 11.5 Å². The minimum Gasteiger partial charge on any atom is -0.493 e. The van der Waals surface area contributed by atoms with E-state index in [2.05, 4.69) is 35.7 Å². The van der Waals surface area contributed by atoms with Crippen LogP contribution in [0.5, 0.6) is 11.5 Å². The molecule has 0 bridgehead atoms. The number of amides is 4. The fraction of sp³-hybridized carbons (Fsp3) is 0.429. The second kappa shape index (κ2) is 17.2. The van der Waals surface area contributed by atoms with Crippen LogP contribution >= 0.6 is 11.6 Å². The van der Waals surface area contributed by atoms with Crippen molar-refractivity contribution in [3.63, 3.8) is 0 Å². The zero-order chi connectivity index (χ0) is 40.3. The van der Waals surface area contributed by atoms with Gasteiger partial charge in [0.2, 0.25) is 11.8 Å². The van der Waals surface area contributed by atoms with E-state index in [1.165, 1.54) is 18.5 Å². The lowest BCUT2D eigenvalue weighted by Crippen LogP contribution is -2.54. The Kier molecular flexibility index (Phi) is 11.7. The largest absolute Gasteiger partial charge is 0.493 e. The molecule has 1 unspecified atom stereocenters. The smallest absolute Gasteiger partial charge is 0.262 e. The molecule has 5 heterocycles. The number of carbonyl (C=O) groups excluding carboxylic acids is 4. The molecule has 0 saturated carbocycles. The fourth-order valence-electron chi connectivity index (χ4n) is 8.40. The number of benzene rings is 3. The number of hydrogen-bond donors (Lipinski definition) is 3. The van der Waals surface area contributed by atoms with E-state index in [-0.39, 0.29) is 17.9 Å². The van der Waals surface area contributed by atoms with Crippen LogP contribution in [0.1, 0.15) is 65.7 Å². The molecule has 2 atom stereocenters. The summed E-state index contributed by atoms with van der Waals surface area (Å²) in [5.74, 6) is -0.179. The van der Waals surface area contributed by atoms with Crippen LogP contribution in [-0.2, 0) is 9.59 Å². The van der Waals surface area contributed by atoms with Crippen LogP contribution in [-0.4, -0.2) is 108 Å². The van der Waals surface area contributed by atoms with Crippen molar-refractivity contribution in [2.45, 2.75) is 57.0 Å². The van der Waals surface area contributed by atoms with Crippen molar-refractivity contribution in [2.75, 3.05) is 63.2 Å². The molecule has 3 N–H and O–H groups in total. The molecule has 4 aliphatic rings. The Labute approximate surface area is 340 Å². The molecule has 3 aromatic carbocycles. The summed E-state index contributed by atoms with van der Waals surface area (Å²) in [4.78, 5) is 65.2. The Bertz CT molecular complexity index is 2240. The molecule has 1 aromatic heterocycles. The SMILES string of the molecule is COc1cc2ncnc(Nc3ccc(F)c(Cl)c3)c2cc1OCCCN1CCC(CN[C@H]2CCCN(c3ccc4c(c3)C(=O)N(C3CCC(=O)NC3=O)C4=O)C2)CC1. The van der Waals surface area contributed by atoms with E-state index in [1.54, 1.807) is 25.3 Å². The summed E-state index contributed by atoms with van der Waals surface area (Å²) < 4.78 is 25.6. The first-order chi connectivity index (χ1) is 28.1. The number of likely N-dealkylation sites (tertiary alicyclic amines) is 1. The number of rotatable bonds is 13. The summed E-state index contributed by atoms with van der Waals surface area (Å²) >= 11 is 5.98. The lowest BCUT2D eigenvalue weighted by Gasteiger charge is -2.37. The average molecular weight is 813 g/mol. The van der Waals surface area contributed by atoms with Gasteiger partial charge in [-0.05, 0) is 107 Å². The predicted molar refractivity (Wildman–Crippen MR) is 216 cm³/mol. The average Bonchev–Trinajstić information content (AvgIpc) is 3.48. The number of anilines is 3. The van der Waals surface area contributed by atoms with E-state index in [0.29, 0.717) is 58.2 Å². The predicted octanol–water partition coefficient (Wildman–Crippen LogP) is 5.32. The maximum Gasteiger partial charge on any atom is 0.262 e. The minimum atomic E-state index is -0.976. The Hall–Kier alpha value is -5.38. The van der Waals surface area contributed by atoms with E-state index < -0.39 is 35.5 Å². The second-order valence-electron chi connectivity index (χ2n) is 15.4. The molecule has 14 nitrogen and oxygen atoms in total. The van der Waals surface area contributed by atoms with Crippen molar-refractivity contribution >= 4 is 63.3 Å². The van der Waals surface area contributed by atoms with Gasteiger partial charge < -0.3 is 29.9 Å². The van der Waals surface area contributed by atoms with Crippen molar-refractivity contribution in [3.05, 3.63) is 76.8 Å². The maximum absolute atomic E-state index is 13.7. The Morgan fingerprint density at radius 2 is 1.76 bits per heavy atom. The molecule has 3 fully saturated rings. The standard InChI is InChI=1S/C42H46ClFN8O6/c1-57-36-21-34-31(39(47-24-46-34)48-26-5-8-33(44)32(43)18-26)20-37(36)58-17-3-13-50-15-11-25(12-16-50)22-45-27-4-2-14-51(23-27)28-6-7-29-30(19-28)42(56)52(41(29)55)35-9-10-38(53)49-40(35)54/h5-8,18-21,24-25,27,35,45H,2-4,9-17,22-23H2,1H3,(H,46,47,48)(H,49,53,54)/t27-,35?/m0/s1. The summed E-state index contributed by atoms with van der Waals surface area (Å²) in [6, 6.07) is 12.8. The van der Waals surface area contributed by atoms with Crippen LogP contribution in [0.3, 0.4) is 0 Å². The van der Waals surface area contributed by atoms with Gasteiger partial charge in [-0.3, -0.25) is 29.4 Å². The molecule has 0 aliphatic carbocycles. The number of piperidine rings is 3. The number of carbonyl (C=O) groups is 4. The third kappa shape index (κ3) is 8.43. The Morgan fingerprint density at radius 1 is 0.931 bits per heavy atom. The first-order valence-electron chi connectivity index (χ1n) is 19.9. The molecular weight excluding hydrogens is 767 g/mol. The van der Waals surface area contributed by atoms with Gasteiger partial charge in [0.15, 0.2) is 11.5 Å². The zero-order valence-corrected chi connectivity index (χ0v) is 33.0. The van der Waals surface area contributed by atoms with Gasteiger partial charge >= 0.3 is 0 Å². The van der Waals surface area contributed by atoms with Crippen LogP contribution in [0, 0.1) is 11.7 Å². The lowest BCUT2D eigenvalue weighted by molar-refractivity contribution is -0.136. The van der Waals surface area contributed by atoms with Gasteiger partial charge in [0.05, 0.1) is 35.4 Å². The zero-order valence-electron chi connectivity index (χ0n) is 32.3. The number of aromatic nitrogens is 2. The van der Waals surface area contributed by atoms with Gasteiger partial charge in [0, 0.05) is 54.9 Å². The van der Waals surface area contributed by atoms with Crippen LogP contribution in [0.4, 0.5) is 21.6 Å². The fourth-order valence-corrected chi connectivity index (χ4v) is 8.58. The van der Waals surface area contributed by atoms with Gasteiger partial charge in [-0.2, -0.15) is 0 Å². The summed E-state index contributed by atoms with van der Waals surface area (Å²) in [5.41, 5.74) is 2.76. The van der Waals surface area contributed by atoms with Gasteiger partial charge in [-0.15, -0.1) is 0 Å². The summed E-state index contributed by atoms with van der Waals surface area (Å²) in [6.45, 7) is 6.09. The van der Waals surface area contributed by atoms with Gasteiger partial charge in [0.1, 0.15) is 24.0 Å². The highest BCUT2D eigenvalue weighted by atomic mass is 35.5. The minimum absolute atomic E-state index is 0.0150. The van der Waals surface area contributed by atoms with Crippen LogP contribution in [0.2, 0.25) is 5.02 Å². The number of nitrogens with one attached hydrogen (secondary N) is 3. The highest BCUT2D eigenvalue weighted by Gasteiger charge is 2.45. The number of hydrogen-bond acceptors (Lipinski definition) is 12. The van der Waals surface area contributed by atoms with Crippen molar-refractivity contribution in [1.29, 1.82) is 0 Å². The molecule has 0 radical (unpaired) electrons. The first kappa shape index (κ1) is 39.4. The number of halogens is 2. The van der Waals surface area contributed by atoms with E-state index in [1.807, 2.05) is 18.2 Å². The third-order valence-corrected chi connectivity index (χ3v) is 11.9. The molecule has 3 saturated heterocycles. The Balaban J connectivity index is 0.784. The van der Waals surface area contributed by atoms with Crippen LogP contribution in [0.15, 0.2) is 54.9 Å². The first-order valence-corrected chi connectivity index (χ1v) is 20.3. The normalized spacial score (nSPS) is 20.4. The molecule has 304 valence electrons. The molecule has 0 spiro atoms. The van der Waals surface area contributed by atoms with Gasteiger partial charge in [0.25, 0.3) is 11.8 Å². The number of imide groups is 2. The second-order valence-corrected chi connectivity index (χ2v) is 15.8. The molecule has 58 heavy (non-hydrogen) atoms. The van der Waals surface area contributed by atoms with Crippen LogP contribution < -0.4 is 30.3 Å². The van der Waals surface area contributed by atoms with E-state index in [4.69, 9.17) is 21.1 Å². The molecule has 4 aromatic rings. The molecule has 8 rings (SSSR count). The Morgan fingerprint density at radius 3 is 2.55 bits per heavy atom. The van der Waals surface area contributed by atoms with Crippen molar-refractivity contribution in [1.82, 2.24) is 30.4 Å². The topological polar surface area (TPSA) is 158 Å². The van der Waals surface area contributed by atoms with Crippen molar-refractivity contribution < 1.29 is 33.0 Å². The summed E-state index contributed by atoms with van der Waals surface area (Å²) in [7, 11) is 1.60. The molecule has 4 aliphatic heterocycles. The summed E-state index contributed by atoms with van der Waals surface area (Å²) in [5, 5.41) is 10.0. The van der Waals surface area contributed by atoms with E-state index in [9.17, 15) is 23.6 Å². The highest BCUT2D eigenvalue weighted by Crippen LogP contribution is 2.36. The molecule has 16 heteroatoms.